The topological polar surface area (TPSA) is 62.4 Å². The van der Waals surface area contributed by atoms with E-state index in [1.807, 2.05) is 6.07 Å². The number of aromatic nitrogens is 1. The number of rotatable bonds is 5. The molecule has 2 rings (SSSR count). The molecule has 0 aliphatic heterocycles. The zero-order valence-electron chi connectivity index (χ0n) is 9.77. The fourth-order valence-electron chi connectivity index (χ4n) is 2.09. The highest BCUT2D eigenvalue weighted by Crippen LogP contribution is 2.32. The van der Waals surface area contributed by atoms with E-state index in [9.17, 15) is 0 Å². The first-order valence-corrected chi connectivity index (χ1v) is 6.80. The number of anilines is 2. The molecule has 1 saturated carbocycles. The third kappa shape index (κ3) is 2.90. The number of nitrogens with zero attached hydrogens (tertiary/aromatic N) is 2. The van der Waals surface area contributed by atoms with Gasteiger partial charge >= 0.3 is 0 Å². The minimum atomic E-state index is 0.208. The fraction of sp³-hybridized carbons (Fsp3) is 0.583. The first-order chi connectivity index (χ1) is 8.22. The van der Waals surface area contributed by atoms with E-state index in [0.717, 1.165) is 23.3 Å². The van der Waals surface area contributed by atoms with Crippen LogP contribution in [0.1, 0.15) is 25.7 Å². The Morgan fingerprint density at radius 3 is 2.82 bits per heavy atom. The van der Waals surface area contributed by atoms with Crippen molar-refractivity contribution in [1.82, 2.24) is 4.98 Å². The monoisotopic (exact) mass is 299 g/mol. The minimum Gasteiger partial charge on any atom is -0.396 e. The molecule has 1 aromatic rings. The number of pyridine rings is 1. The summed E-state index contributed by atoms with van der Waals surface area (Å²) in [4.78, 5) is 6.64. The van der Waals surface area contributed by atoms with Gasteiger partial charge in [0.25, 0.3) is 0 Å². The molecule has 5 heteroatoms. The predicted molar refractivity (Wildman–Crippen MR) is 73.0 cm³/mol. The van der Waals surface area contributed by atoms with Gasteiger partial charge in [-0.25, -0.2) is 4.98 Å². The van der Waals surface area contributed by atoms with Crippen molar-refractivity contribution in [2.45, 2.75) is 31.7 Å². The van der Waals surface area contributed by atoms with Gasteiger partial charge in [0.15, 0.2) is 5.82 Å². The predicted octanol–water partition coefficient (Wildman–Crippen LogP) is 2.17. The van der Waals surface area contributed by atoms with Gasteiger partial charge in [0, 0.05) is 29.9 Å². The van der Waals surface area contributed by atoms with Crippen molar-refractivity contribution in [2.75, 3.05) is 23.8 Å². The third-order valence-electron chi connectivity index (χ3n) is 3.21. The minimum absolute atomic E-state index is 0.208. The maximum absolute atomic E-state index is 8.96. The molecule has 0 unspecified atom stereocenters. The van der Waals surface area contributed by atoms with Crippen molar-refractivity contribution in [3.8, 4) is 0 Å². The Morgan fingerprint density at radius 1 is 1.53 bits per heavy atom. The van der Waals surface area contributed by atoms with Gasteiger partial charge in [-0.15, -0.1) is 0 Å². The molecule has 17 heavy (non-hydrogen) atoms. The summed E-state index contributed by atoms with van der Waals surface area (Å²) in [6, 6.07) is 2.42. The van der Waals surface area contributed by atoms with E-state index < -0.39 is 0 Å². The Morgan fingerprint density at radius 2 is 2.29 bits per heavy atom. The molecule has 1 aliphatic carbocycles. The van der Waals surface area contributed by atoms with E-state index in [1.54, 1.807) is 6.20 Å². The smallest absolute Gasteiger partial charge is 0.152 e. The Kier molecular flexibility index (Phi) is 4.23. The zero-order chi connectivity index (χ0) is 12.3. The lowest BCUT2D eigenvalue weighted by Gasteiger charge is -2.39. The number of aliphatic hydroxyl groups is 1. The molecule has 0 radical (unpaired) electrons. The van der Waals surface area contributed by atoms with Crippen molar-refractivity contribution >= 4 is 27.4 Å². The zero-order valence-corrected chi connectivity index (χ0v) is 11.4. The van der Waals surface area contributed by atoms with Crippen LogP contribution in [0.4, 0.5) is 11.5 Å². The van der Waals surface area contributed by atoms with Crippen molar-refractivity contribution in [1.29, 1.82) is 0 Å². The van der Waals surface area contributed by atoms with Crippen LogP contribution in [0.2, 0.25) is 0 Å². The molecule has 1 fully saturated rings. The first-order valence-electron chi connectivity index (χ1n) is 6.01. The van der Waals surface area contributed by atoms with Crippen LogP contribution in [0, 0.1) is 0 Å². The standard InChI is InChI=1S/C12H18BrN3O/c13-9-7-11(14)12(15-8-9)16(5-2-6-17)10-3-1-4-10/h7-8,10,17H,1-6,14H2. The lowest BCUT2D eigenvalue weighted by Crippen LogP contribution is -2.42. The van der Waals surface area contributed by atoms with Gasteiger partial charge in [0.2, 0.25) is 0 Å². The van der Waals surface area contributed by atoms with Crippen LogP contribution in [-0.4, -0.2) is 29.3 Å². The van der Waals surface area contributed by atoms with Crippen molar-refractivity contribution in [3.63, 3.8) is 0 Å². The molecule has 0 bridgehead atoms. The van der Waals surface area contributed by atoms with E-state index in [1.165, 1.54) is 19.3 Å². The Labute approximate surface area is 110 Å². The molecule has 3 N–H and O–H groups in total. The van der Waals surface area contributed by atoms with Gasteiger partial charge < -0.3 is 15.7 Å². The van der Waals surface area contributed by atoms with E-state index >= 15 is 0 Å². The molecule has 0 atom stereocenters. The van der Waals surface area contributed by atoms with Crippen LogP contribution in [0.15, 0.2) is 16.7 Å². The van der Waals surface area contributed by atoms with Crippen LogP contribution < -0.4 is 10.6 Å². The van der Waals surface area contributed by atoms with E-state index in [4.69, 9.17) is 10.8 Å². The van der Waals surface area contributed by atoms with Gasteiger partial charge in [-0.1, -0.05) is 0 Å². The molecule has 4 nitrogen and oxygen atoms in total. The lowest BCUT2D eigenvalue weighted by molar-refractivity contribution is 0.282. The number of hydrogen-bond donors (Lipinski definition) is 2. The van der Waals surface area contributed by atoms with Gasteiger partial charge in [-0.05, 0) is 47.7 Å². The molecule has 0 aromatic carbocycles. The summed E-state index contributed by atoms with van der Waals surface area (Å²) in [5.41, 5.74) is 6.71. The summed E-state index contributed by atoms with van der Waals surface area (Å²) in [5, 5.41) is 8.96. The SMILES string of the molecule is Nc1cc(Br)cnc1N(CCCO)C1CCC1. The highest BCUT2D eigenvalue weighted by atomic mass is 79.9. The highest BCUT2D eigenvalue weighted by molar-refractivity contribution is 9.10. The van der Waals surface area contributed by atoms with Crippen molar-refractivity contribution in [2.24, 2.45) is 0 Å². The number of aliphatic hydroxyl groups excluding tert-OH is 1. The summed E-state index contributed by atoms with van der Waals surface area (Å²) < 4.78 is 0.898. The summed E-state index contributed by atoms with van der Waals surface area (Å²) in [5.74, 6) is 0.853. The van der Waals surface area contributed by atoms with E-state index in [0.29, 0.717) is 11.7 Å². The second-order valence-electron chi connectivity index (χ2n) is 4.42. The largest absolute Gasteiger partial charge is 0.396 e. The normalized spacial score (nSPS) is 15.6. The summed E-state index contributed by atoms with van der Waals surface area (Å²) >= 11 is 3.37. The van der Waals surface area contributed by atoms with Crippen LogP contribution >= 0.6 is 15.9 Å². The lowest BCUT2D eigenvalue weighted by atomic mass is 9.91. The fourth-order valence-corrected chi connectivity index (χ4v) is 2.44. The molecular formula is C12H18BrN3O. The maximum atomic E-state index is 8.96. The van der Waals surface area contributed by atoms with Gasteiger partial charge in [0.1, 0.15) is 0 Å². The van der Waals surface area contributed by atoms with Crippen molar-refractivity contribution in [3.05, 3.63) is 16.7 Å². The molecule has 94 valence electrons. The van der Waals surface area contributed by atoms with Crippen LogP contribution in [0.5, 0.6) is 0 Å². The maximum Gasteiger partial charge on any atom is 0.152 e. The molecular weight excluding hydrogens is 282 g/mol. The third-order valence-corrected chi connectivity index (χ3v) is 3.64. The summed E-state index contributed by atoms with van der Waals surface area (Å²) in [6.07, 6.45) is 6.20. The molecule has 1 aliphatic rings. The summed E-state index contributed by atoms with van der Waals surface area (Å²) in [7, 11) is 0. The first kappa shape index (κ1) is 12.6. The average Bonchev–Trinajstić information content (AvgIpc) is 2.22. The molecule has 0 spiro atoms. The Hall–Kier alpha value is -0.810. The average molecular weight is 300 g/mol. The molecule has 1 heterocycles. The second kappa shape index (κ2) is 5.69. The number of nitrogen functional groups attached to an aromatic ring is 1. The van der Waals surface area contributed by atoms with Gasteiger partial charge in [0.05, 0.1) is 5.69 Å². The molecule has 0 saturated heterocycles. The highest BCUT2D eigenvalue weighted by Gasteiger charge is 2.26. The van der Waals surface area contributed by atoms with E-state index in [-0.39, 0.29) is 6.61 Å². The molecule has 0 amide bonds. The van der Waals surface area contributed by atoms with Crippen molar-refractivity contribution < 1.29 is 5.11 Å². The Balaban J connectivity index is 2.17. The Bertz CT molecular complexity index is 382. The second-order valence-corrected chi connectivity index (χ2v) is 5.34. The quantitative estimate of drug-likeness (QED) is 0.875. The van der Waals surface area contributed by atoms with Crippen LogP contribution in [0.25, 0.3) is 0 Å². The number of nitrogens with two attached hydrogens (primary N) is 1. The number of halogens is 1. The van der Waals surface area contributed by atoms with Gasteiger partial charge in [-0.2, -0.15) is 0 Å². The van der Waals surface area contributed by atoms with Gasteiger partial charge in [-0.3, -0.25) is 0 Å². The van der Waals surface area contributed by atoms with E-state index in [2.05, 4.69) is 25.8 Å². The molecule has 1 aromatic heterocycles. The van der Waals surface area contributed by atoms with Crippen LogP contribution in [-0.2, 0) is 0 Å². The van der Waals surface area contributed by atoms with Crippen LogP contribution in [0.3, 0.4) is 0 Å². The summed E-state index contributed by atoms with van der Waals surface area (Å²) in [6.45, 7) is 1.03. The number of hydrogen-bond acceptors (Lipinski definition) is 4.